The largest absolute Gasteiger partial charge is 0.289 e. The second-order valence-corrected chi connectivity index (χ2v) is 6.69. The minimum atomic E-state index is 0.168. The quantitative estimate of drug-likeness (QED) is 0.730. The van der Waals surface area contributed by atoms with Crippen molar-refractivity contribution in [3.05, 3.63) is 71.8 Å². The molecule has 26 heavy (non-hydrogen) atoms. The number of benzene rings is 2. The number of nitrogens with zero attached hydrogens (tertiary/aromatic N) is 2. The minimum absolute atomic E-state index is 0.168. The van der Waals surface area contributed by atoms with E-state index in [-0.39, 0.29) is 12.1 Å². The van der Waals surface area contributed by atoms with Crippen molar-refractivity contribution < 1.29 is 0 Å². The molecule has 0 bridgehead atoms. The molecule has 0 saturated carbocycles. The smallest absolute Gasteiger partial charge is 0.0696 e. The summed E-state index contributed by atoms with van der Waals surface area (Å²) in [6.45, 7) is 6.01. The van der Waals surface area contributed by atoms with Crippen LogP contribution < -0.4 is 0 Å². The molecule has 0 aliphatic carbocycles. The van der Waals surface area contributed by atoms with Crippen LogP contribution in [0.25, 0.3) is 0 Å². The molecule has 0 heterocycles. The third-order valence-electron chi connectivity index (χ3n) is 4.50. The van der Waals surface area contributed by atoms with E-state index in [1.807, 2.05) is 12.1 Å². The molecule has 0 aliphatic heterocycles. The third-order valence-corrected chi connectivity index (χ3v) is 4.50. The molecule has 2 rings (SSSR count). The summed E-state index contributed by atoms with van der Waals surface area (Å²) in [7, 11) is 4.19. The molecule has 0 saturated heterocycles. The SMILES string of the molecule is CC(C#CC#CC(C)N(C)Cc1ccccc1)N(C)Cc1ccccc1. The third kappa shape index (κ3) is 6.77. The van der Waals surface area contributed by atoms with Crippen LogP contribution in [0.1, 0.15) is 25.0 Å². The molecule has 2 heteroatoms. The van der Waals surface area contributed by atoms with Gasteiger partial charge in [0.1, 0.15) is 0 Å². The average Bonchev–Trinajstić information content (AvgIpc) is 2.66. The van der Waals surface area contributed by atoms with Crippen LogP contribution in [0.2, 0.25) is 0 Å². The summed E-state index contributed by atoms with van der Waals surface area (Å²) in [5.74, 6) is 12.5. The van der Waals surface area contributed by atoms with Gasteiger partial charge in [-0.25, -0.2) is 0 Å². The van der Waals surface area contributed by atoms with Gasteiger partial charge in [-0.2, -0.15) is 0 Å². The van der Waals surface area contributed by atoms with E-state index in [2.05, 4.69) is 110 Å². The van der Waals surface area contributed by atoms with Gasteiger partial charge in [0.25, 0.3) is 0 Å². The van der Waals surface area contributed by atoms with Crippen LogP contribution in [0.4, 0.5) is 0 Å². The van der Waals surface area contributed by atoms with Crippen LogP contribution in [0.3, 0.4) is 0 Å². The predicted molar refractivity (Wildman–Crippen MR) is 110 cm³/mol. The van der Waals surface area contributed by atoms with Crippen molar-refractivity contribution in [3.8, 4) is 23.7 Å². The Balaban J connectivity index is 1.84. The van der Waals surface area contributed by atoms with Crippen LogP contribution >= 0.6 is 0 Å². The van der Waals surface area contributed by atoms with Crippen molar-refractivity contribution in [3.63, 3.8) is 0 Å². The maximum absolute atomic E-state index is 3.23. The maximum atomic E-state index is 3.23. The fraction of sp³-hybridized carbons (Fsp3) is 0.333. The molecule has 134 valence electrons. The van der Waals surface area contributed by atoms with E-state index in [0.29, 0.717) is 0 Å². The van der Waals surface area contributed by atoms with E-state index in [0.717, 1.165) is 13.1 Å². The summed E-state index contributed by atoms with van der Waals surface area (Å²) in [6.07, 6.45) is 0. The van der Waals surface area contributed by atoms with Gasteiger partial charge in [0.2, 0.25) is 0 Å². The van der Waals surface area contributed by atoms with Gasteiger partial charge in [0.05, 0.1) is 12.1 Å². The number of rotatable bonds is 6. The highest BCUT2D eigenvalue weighted by Gasteiger charge is 2.07. The van der Waals surface area contributed by atoms with E-state index in [4.69, 9.17) is 0 Å². The standard InChI is InChI=1S/C24H28N2/c1-21(25(3)19-23-15-7-5-8-16-23)13-11-12-14-22(2)26(4)20-24-17-9-6-10-18-24/h5-10,15-18,21-22H,19-20H2,1-4H3. The highest BCUT2D eigenvalue weighted by molar-refractivity contribution is 5.29. The minimum Gasteiger partial charge on any atom is -0.289 e. The highest BCUT2D eigenvalue weighted by Crippen LogP contribution is 2.06. The molecule has 2 aromatic rings. The molecule has 2 nitrogen and oxygen atoms in total. The topological polar surface area (TPSA) is 6.48 Å². The Hall–Kier alpha value is -2.52. The van der Waals surface area contributed by atoms with Crippen molar-refractivity contribution in [1.82, 2.24) is 9.80 Å². The summed E-state index contributed by atoms with van der Waals surface area (Å²) in [5, 5.41) is 0. The first-order chi connectivity index (χ1) is 12.6. The fourth-order valence-electron chi connectivity index (χ4n) is 2.52. The Morgan fingerprint density at radius 3 is 1.35 bits per heavy atom. The Morgan fingerprint density at radius 1 is 0.654 bits per heavy atom. The lowest BCUT2D eigenvalue weighted by Gasteiger charge is -2.20. The summed E-state index contributed by atoms with van der Waals surface area (Å²) in [6, 6.07) is 21.2. The zero-order chi connectivity index (χ0) is 18.8. The van der Waals surface area contributed by atoms with Crippen LogP contribution in [-0.2, 0) is 13.1 Å². The highest BCUT2D eigenvalue weighted by atomic mass is 15.1. The fourth-order valence-corrected chi connectivity index (χ4v) is 2.52. The summed E-state index contributed by atoms with van der Waals surface area (Å²) < 4.78 is 0. The van der Waals surface area contributed by atoms with E-state index in [1.54, 1.807) is 0 Å². The molecule has 2 aromatic carbocycles. The van der Waals surface area contributed by atoms with Crippen molar-refractivity contribution in [2.45, 2.75) is 39.0 Å². The normalized spacial score (nSPS) is 12.7. The van der Waals surface area contributed by atoms with E-state index >= 15 is 0 Å². The molecule has 0 fully saturated rings. The lowest BCUT2D eigenvalue weighted by atomic mass is 10.2. The number of hydrogen-bond donors (Lipinski definition) is 0. The molecule has 0 radical (unpaired) electrons. The van der Waals surface area contributed by atoms with Crippen LogP contribution in [0.5, 0.6) is 0 Å². The second-order valence-electron chi connectivity index (χ2n) is 6.69. The van der Waals surface area contributed by atoms with Crippen molar-refractivity contribution in [2.24, 2.45) is 0 Å². The van der Waals surface area contributed by atoms with Gasteiger partial charge >= 0.3 is 0 Å². The average molecular weight is 345 g/mol. The molecule has 0 amide bonds. The van der Waals surface area contributed by atoms with Crippen LogP contribution in [-0.4, -0.2) is 36.0 Å². The summed E-state index contributed by atoms with van der Waals surface area (Å²) in [4.78, 5) is 4.46. The Kier molecular flexibility index (Phi) is 7.97. The van der Waals surface area contributed by atoms with Gasteiger partial charge in [-0.05, 0) is 50.9 Å². The van der Waals surface area contributed by atoms with E-state index in [9.17, 15) is 0 Å². The molecule has 2 unspecified atom stereocenters. The first kappa shape index (κ1) is 19.8. The van der Waals surface area contributed by atoms with E-state index in [1.165, 1.54) is 11.1 Å². The molecule has 0 N–H and O–H groups in total. The lowest BCUT2D eigenvalue weighted by Crippen LogP contribution is -2.27. The van der Waals surface area contributed by atoms with Crippen molar-refractivity contribution in [2.75, 3.05) is 14.1 Å². The van der Waals surface area contributed by atoms with Gasteiger partial charge in [-0.15, -0.1) is 0 Å². The predicted octanol–water partition coefficient (Wildman–Crippen LogP) is 4.03. The van der Waals surface area contributed by atoms with E-state index < -0.39 is 0 Å². The van der Waals surface area contributed by atoms with Gasteiger partial charge in [-0.3, -0.25) is 9.80 Å². The Morgan fingerprint density at radius 2 is 1.00 bits per heavy atom. The molecule has 0 spiro atoms. The zero-order valence-electron chi connectivity index (χ0n) is 16.2. The van der Waals surface area contributed by atoms with Gasteiger partial charge in [0.15, 0.2) is 0 Å². The van der Waals surface area contributed by atoms with Crippen LogP contribution in [0.15, 0.2) is 60.7 Å². The molecular weight excluding hydrogens is 316 g/mol. The summed E-state index contributed by atoms with van der Waals surface area (Å²) >= 11 is 0. The van der Waals surface area contributed by atoms with Crippen molar-refractivity contribution >= 4 is 0 Å². The lowest BCUT2D eigenvalue weighted by molar-refractivity contribution is 0.296. The first-order valence-corrected chi connectivity index (χ1v) is 9.05. The van der Waals surface area contributed by atoms with Gasteiger partial charge < -0.3 is 0 Å². The van der Waals surface area contributed by atoms with Crippen LogP contribution in [0, 0.1) is 23.7 Å². The monoisotopic (exact) mass is 344 g/mol. The maximum Gasteiger partial charge on any atom is 0.0696 e. The molecule has 2 atom stereocenters. The zero-order valence-corrected chi connectivity index (χ0v) is 16.2. The van der Waals surface area contributed by atoms with Gasteiger partial charge in [-0.1, -0.05) is 72.5 Å². The summed E-state index contributed by atoms with van der Waals surface area (Å²) in [5.41, 5.74) is 2.59. The second kappa shape index (κ2) is 10.5. The molecular formula is C24H28N2. The van der Waals surface area contributed by atoms with Gasteiger partial charge in [0, 0.05) is 13.1 Å². The Bertz CT molecular complexity index is 705. The first-order valence-electron chi connectivity index (χ1n) is 9.05. The molecule has 0 aliphatic rings. The molecule has 0 aromatic heterocycles. The number of hydrogen-bond acceptors (Lipinski definition) is 2. The van der Waals surface area contributed by atoms with Crippen molar-refractivity contribution in [1.29, 1.82) is 0 Å². The Labute approximate surface area is 158 Å².